The standard InChI is InChI=1S/C12H20N2O4/c1-5-12(7-6-8(2)15)9(16)13(3)11(18)14(4)10(12)17/h8,15H,5-7H2,1-4H3. The molecule has 1 N–H and O–H groups in total. The molecule has 6 nitrogen and oxygen atoms in total. The van der Waals surface area contributed by atoms with Crippen molar-refractivity contribution in [3.63, 3.8) is 0 Å². The van der Waals surface area contributed by atoms with E-state index in [9.17, 15) is 19.5 Å². The molecule has 6 heteroatoms. The molecule has 0 aromatic rings. The lowest BCUT2D eigenvalue weighted by Crippen LogP contribution is -2.62. The Balaban J connectivity index is 3.10. The van der Waals surface area contributed by atoms with Gasteiger partial charge < -0.3 is 5.11 Å². The number of imide groups is 2. The maximum Gasteiger partial charge on any atom is 0.332 e. The second kappa shape index (κ2) is 5.06. The molecular weight excluding hydrogens is 236 g/mol. The van der Waals surface area contributed by atoms with E-state index in [0.717, 1.165) is 9.80 Å². The van der Waals surface area contributed by atoms with Crippen LogP contribution in [-0.2, 0) is 9.59 Å². The number of nitrogens with zero attached hydrogens (tertiary/aromatic N) is 2. The maximum absolute atomic E-state index is 12.2. The summed E-state index contributed by atoms with van der Waals surface area (Å²) in [6.07, 6.45) is 0.337. The number of aliphatic hydroxyl groups is 1. The molecular formula is C12H20N2O4. The van der Waals surface area contributed by atoms with E-state index in [0.29, 0.717) is 12.8 Å². The van der Waals surface area contributed by atoms with E-state index in [1.165, 1.54) is 14.1 Å². The van der Waals surface area contributed by atoms with Gasteiger partial charge in [0.2, 0.25) is 11.8 Å². The van der Waals surface area contributed by atoms with Crippen LogP contribution in [0.25, 0.3) is 0 Å². The van der Waals surface area contributed by atoms with Gasteiger partial charge in [0.25, 0.3) is 0 Å². The third-order valence-electron chi connectivity index (χ3n) is 3.59. The SMILES string of the molecule is CCC1(CCC(C)O)C(=O)N(C)C(=O)N(C)C1=O. The van der Waals surface area contributed by atoms with E-state index in [1.807, 2.05) is 0 Å². The first-order valence-corrected chi connectivity index (χ1v) is 6.06. The fourth-order valence-electron chi connectivity index (χ4n) is 2.28. The van der Waals surface area contributed by atoms with Gasteiger partial charge in [-0.3, -0.25) is 19.4 Å². The highest BCUT2D eigenvalue weighted by Gasteiger charge is 2.53. The highest BCUT2D eigenvalue weighted by Crippen LogP contribution is 2.36. The average molecular weight is 256 g/mol. The Hall–Kier alpha value is -1.43. The minimum Gasteiger partial charge on any atom is -0.393 e. The van der Waals surface area contributed by atoms with Crippen molar-refractivity contribution < 1.29 is 19.5 Å². The molecule has 1 fully saturated rings. The molecule has 1 aliphatic rings. The average Bonchev–Trinajstić information content (AvgIpc) is 2.34. The molecule has 18 heavy (non-hydrogen) atoms. The molecule has 102 valence electrons. The number of rotatable bonds is 4. The molecule has 1 unspecified atom stereocenters. The Labute approximate surface area is 107 Å². The summed E-state index contributed by atoms with van der Waals surface area (Å²) in [6.45, 7) is 3.36. The molecule has 0 radical (unpaired) electrons. The van der Waals surface area contributed by atoms with Crippen molar-refractivity contribution in [2.45, 2.75) is 39.2 Å². The van der Waals surface area contributed by atoms with Crippen LogP contribution in [-0.4, -0.2) is 53.0 Å². The van der Waals surface area contributed by atoms with E-state index in [2.05, 4.69) is 0 Å². The van der Waals surface area contributed by atoms with E-state index in [1.54, 1.807) is 13.8 Å². The monoisotopic (exact) mass is 256 g/mol. The number of hydrogen-bond acceptors (Lipinski definition) is 4. The van der Waals surface area contributed by atoms with Crippen molar-refractivity contribution in [2.24, 2.45) is 5.41 Å². The second-order valence-electron chi connectivity index (χ2n) is 4.83. The number of carbonyl (C=O) groups excluding carboxylic acids is 3. The maximum atomic E-state index is 12.2. The lowest BCUT2D eigenvalue weighted by atomic mass is 9.76. The quantitative estimate of drug-likeness (QED) is 0.747. The lowest BCUT2D eigenvalue weighted by Gasteiger charge is -2.41. The summed E-state index contributed by atoms with van der Waals surface area (Å²) in [5.41, 5.74) is -1.21. The van der Waals surface area contributed by atoms with Crippen LogP contribution < -0.4 is 0 Å². The van der Waals surface area contributed by atoms with Gasteiger partial charge in [-0.25, -0.2) is 4.79 Å². The number of amides is 4. The van der Waals surface area contributed by atoms with Crippen molar-refractivity contribution in [3.05, 3.63) is 0 Å². The summed E-state index contributed by atoms with van der Waals surface area (Å²) in [5, 5.41) is 9.33. The van der Waals surface area contributed by atoms with Crippen LogP contribution >= 0.6 is 0 Å². The zero-order valence-corrected chi connectivity index (χ0v) is 11.3. The van der Waals surface area contributed by atoms with Crippen LogP contribution in [0.5, 0.6) is 0 Å². The van der Waals surface area contributed by atoms with E-state index >= 15 is 0 Å². The summed E-state index contributed by atoms with van der Waals surface area (Å²) >= 11 is 0. The Morgan fingerprint density at radius 2 is 1.61 bits per heavy atom. The molecule has 1 atom stereocenters. The third kappa shape index (κ3) is 2.12. The zero-order chi connectivity index (χ0) is 14.1. The highest BCUT2D eigenvalue weighted by atomic mass is 16.3. The van der Waals surface area contributed by atoms with Crippen LogP contribution in [0.15, 0.2) is 0 Å². The molecule has 0 aliphatic carbocycles. The number of urea groups is 1. The smallest absolute Gasteiger partial charge is 0.332 e. The summed E-state index contributed by atoms with van der Waals surface area (Å²) in [5.74, 6) is -0.947. The lowest BCUT2D eigenvalue weighted by molar-refractivity contribution is -0.158. The van der Waals surface area contributed by atoms with Crippen molar-refractivity contribution >= 4 is 17.8 Å². The van der Waals surface area contributed by atoms with Crippen LogP contribution in [0, 0.1) is 5.41 Å². The van der Waals surface area contributed by atoms with Gasteiger partial charge in [-0.2, -0.15) is 0 Å². The van der Waals surface area contributed by atoms with E-state index in [4.69, 9.17) is 0 Å². The molecule has 0 aromatic heterocycles. The van der Waals surface area contributed by atoms with Gasteiger partial charge in [-0.1, -0.05) is 6.92 Å². The molecule has 1 heterocycles. The first kappa shape index (κ1) is 14.6. The Kier molecular flexibility index (Phi) is 4.11. The first-order valence-electron chi connectivity index (χ1n) is 6.06. The Bertz CT molecular complexity index is 354. The van der Waals surface area contributed by atoms with Crippen LogP contribution in [0.3, 0.4) is 0 Å². The van der Waals surface area contributed by atoms with Crippen molar-refractivity contribution in [2.75, 3.05) is 14.1 Å². The second-order valence-corrected chi connectivity index (χ2v) is 4.83. The number of carbonyl (C=O) groups is 3. The number of hydrogen-bond donors (Lipinski definition) is 1. The minimum absolute atomic E-state index is 0.251. The van der Waals surface area contributed by atoms with Gasteiger partial charge in [-0.15, -0.1) is 0 Å². The third-order valence-corrected chi connectivity index (χ3v) is 3.59. The molecule has 1 aliphatic heterocycles. The van der Waals surface area contributed by atoms with Crippen molar-refractivity contribution in [3.8, 4) is 0 Å². The van der Waals surface area contributed by atoms with Gasteiger partial charge in [-0.05, 0) is 26.2 Å². The minimum atomic E-state index is -1.21. The summed E-state index contributed by atoms with van der Waals surface area (Å²) in [4.78, 5) is 38.1. The Morgan fingerprint density at radius 3 is 1.94 bits per heavy atom. The highest BCUT2D eigenvalue weighted by molar-refractivity contribution is 6.18. The fourth-order valence-corrected chi connectivity index (χ4v) is 2.28. The van der Waals surface area contributed by atoms with E-state index < -0.39 is 29.4 Å². The van der Waals surface area contributed by atoms with Crippen molar-refractivity contribution in [1.29, 1.82) is 0 Å². The Morgan fingerprint density at radius 1 is 1.17 bits per heavy atom. The van der Waals surface area contributed by atoms with Crippen molar-refractivity contribution in [1.82, 2.24) is 9.80 Å². The zero-order valence-electron chi connectivity index (χ0n) is 11.3. The predicted octanol–water partition coefficient (Wildman–Crippen LogP) is 0.594. The van der Waals surface area contributed by atoms with Gasteiger partial charge >= 0.3 is 6.03 Å². The van der Waals surface area contributed by atoms with Crippen LogP contribution in [0.2, 0.25) is 0 Å². The summed E-state index contributed by atoms with van der Waals surface area (Å²) in [6, 6.07) is -0.605. The fraction of sp³-hybridized carbons (Fsp3) is 0.750. The first-order chi connectivity index (χ1) is 8.27. The van der Waals surface area contributed by atoms with Gasteiger partial charge in [0.15, 0.2) is 0 Å². The molecule has 1 rings (SSSR count). The number of barbiturate groups is 1. The van der Waals surface area contributed by atoms with Gasteiger partial charge in [0, 0.05) is 14.1 Å². The largest absolute Gasteiger partial charge is 0.393 e. The van der Waals surface area contributed by atoms with Gasteiger partial charge in [0.05, 0.1) is 6.10 Å². The summed E-state index contributed by atoms with van der Waals surface area (Å²) in [7, 11) is 2.75. The predicted molar refractivity (Wildman–Crippen MR) is 64.6 cm³/mol. The van der Waals surface area contributed by atoms with Crippen LogP contribution in [0.4, 0.5) is 4.79 Å². The summed E-state index contributed by atoms with van der Waals surface area (Å²) < 4.78 is 0. The van der Waals surface area contributed by atoms with Crippen LogP contribution in [0.1, 0.15) is 33.1 Å². The molecule has 1 saturated heterocycles. The van der Waals surface area contributed by atoms with E-state index in [-0.39, 0.29) is 6.42 Å². The molecule has 0 spiro atoms. The molecule has 0 bridgehead atoms. The normalized spacial score (nSPS) is 21.5. The molecule has 0 saturated carbocycles. The number of aliphatic hydroxyl groups excluding tert-OH is 1. The molecule has 4 amide bonds. The molecule has 0 aromatic carbocycles. The topological polar surface area (TPSA) is 77.9 Å². The van der Waals surface area contributed by atoms with Gasteiger partial charge in [0.1, 0.15) is 5.41 Å².